The Labute approximate surface area is 174 Å². The molecule has 0 aliphatic carbocycles. The van der Waals surface area contributed by atoms with E-state index in [4.69, 9.17) is 11.6 Å². The SMILES string of the molecule is O=C(NCC(=O)N1CCSCC1)[C@@H]1CCCN(S(=O)(=O)c2ccc(Cl)cc2)C1. The zero-order valence-corrected chi connectivity index (χ0v) is 17.9. The number of thioether (sulfide) groups is 1. The van der Waals surface area contributed by atoms with Crippen LogP contribution in [0, 0.1) is 5.92 Å². The molecule has 2 aliphatic rings. The van der Waals surface area contributed by atoms with E-state index in [2.05, 4.69) is 5.32 Å². The molecule has 1 atom stereocenters. The van der Waals surface area contributed by atoms with Crippen molar-refractivity contribution in [3.8, 4) is 0 Å². The lowest BCUT2D eigenvalue weighted by Crippen LogP contribution is -2.48. The predicted octanol–water partition coefficient (Wildman–Crippen LogP) is 1.43. The van der Waals surface area contributed by atoms with E-state index in [-0.39, 0.29) is 29.8 Å². The van der Waals surface area contributed by atoms with Crippen molar-refractivity contribution in [3.63, 3.8) is 0 Å². The molecule has 1 aromatic carbocycles. The second-order valence-corrected chi connectivity index (χ2v) is 10.5. The number of amides is 2. The molecule has 0 radical (unpaired) electrons. The molecule has 154 valence electrons. The van der Waals surface area contributed by atoms with Crippen LogP contribution in [0.25, 0.3) is 0 Å². The molecule has 2 heterocycles. The fraction of sp³-hybridized carbons (Fsp3) is 0.556. The van der Waals surface area contributed by atoms with Crippen LogP contribution in [0.3, 0.4) is 0 Å². The second-order valence-electron chi connectivity index (χ2n) is 6.87. The van der Waals surface area contributed by atoms with E-state index in [0.29, 0.717) is 37.5 Å². The van der Waals surface area contributed by atoms with Gasteiger partial charge in [0.2, 0.25) is 21.8 Å². The molecule has 0 unspecified atom stereocenters. The van der Waals surface area contributed by atoms with Gasteiger partial charge < -0.3 is 10.2 Å². The van der Waals surface area contributed by atoms with Crippen LogP contribution >= 0.6 is 23.4 Å². The number of sulfonamides is 1. The first-order valence-electron chi connectivity index (χ1n) is 9.27. The third kappa shape index (κ3) is 5.20. The van der Waals surface area contributed by atoms with Crippen LogP contribution in [0.1, 0.15) is 12.8 Å². The van der Waals surface area contributed by atoms with Gasteiger partial charge in [-0.3, -0.25) is 9.59 Å². The Hall–Kier alpha value is -1.29. The maximum absolute atomic E-state index is 12.8. The van der Waals surface area contributed by atoms with Gasteiger partial charge >= 0.3 is 0 Å². The Balaban J connectivity index is 1.57. The highest BCUT2D eigenvalue weighted by Gasteiger charge is 2.33. The van der Waals surface area contributed by atoms with E-state index in [1.807, 2.05) is 11.8 Å². The summed E-state index contributed by atoms with van der Waals surface area (Å²) in [7, 11) is -3.68. The first-order valence-corrected chi connectivity index (χ1v) is 12.2. The van der Waals surface area contributed by atoms with Crippen molar-refractivity contribution < 1.29 is 18.0 Å². The lowest BCUT2D eigenvalue weighted by molar-refractivity contribution is -0.134. The molecule has 1 aromatic rings. The maximum atomic E-state index is 12.8. The molecule has 0 saturated carbocycles. The minimum Gasteiger partial charge on any atom is -0.347 e. The van der Waals surface area contributed by atoms with Crippen LogP contribution in [0.4, 0.5) is 0 Å². The summed E-state index contributed by atoms with van der Waals surface area (Å²) in [6.45, 7) is 1.86. The van der Waals surface area contributed by atoms with Crippen molar-refractivity contribution in [1.29, 1.82) is 0 Å². The van der Waals surface area contributed by atoms with Gasteiger partial charge in [-0.2, -0.15) is 16.1 Å². The van der Waals surface area contributed by atoms with Crippen molar-refractivity contribution in [2.24, 2.45) is 5.92 Å². The fourth-order valence-electron chi connectivity index (χ4n) is 3.36. The molecule has 2 amide bonds. The fourth-order valence-corrected chi connectivity index (χ4v) is 5.91. The maximum Gasteiger partial charge on any atom is 0.243 e. The zero-order chi connectivity index (χ0) is 20.1. The van der Waals surface area contributed by atoms with Crippen molar-refractivity contribution >= 4 is 45.2 Å². The van der Waals surface area contributed by atoms with Gasteiger partial charge in [0.05, 0.1) is 17.4 Å². The average molecular weight is 446 g/mol. The van der Waals surface area contributed by atoms with E-state index in [0.717, 1.165) is 11.5 Å². The number of nitrogens with zero attached hydrogens (tertiary/aromatic N) is 2. The van der Waals surface area contributed by atoms with Gasteiger partial charge in [0.15, 0.2) is 0 Å². The van der Waals surface area contributed by atoms with E-state index in [1.165, 1.54) is 28.6 Å². The number of halogens is 1. The molecule has 0 bridgehead atoms. The highest BCUT2D eigenvalue weighted by atomic mass is 35.5. The molecule has 10 heteroatoms. The number of rotatable bonds is 5. The molecule has 0 spiro atoms. The summed E-state index contributed by atoms with van der Waals surface area (Å²) >= 11 is 7.65. The van der Waals surface area contributed by atoms with Crippen LogP contribution in [0.15, 0.2) is 29.2 Å². The summed E-state index contributed by atoms with van der Waals surface area (Å²) in [4.78, 5) is 26.6. The van der Waals surface area contributed by atoms with E-state index in [1.54, 1.807) is 4.90 Å². The van der Waals surface area contributed by atoms with Crippen LogP contribution in [-0.2, 0) is 19.6 Å². The quantitative estimate of drug-likeness (QED) is 0.740. The highest BCUT2D eigenvalue weighted by molar-refractivity contribution is 7.99. The minimum absolute atomic E-state index is 0.0378. The lowest BCUT2D eigenvalue weighted by Gasteiger charge is -2.31. The van der Waals surface area contributed by atoms with Crippen molar-refractivity contribution in [1.82, 2.24) is 14.5 Å². The van der Waals surface area contributed by atoms with Crippen molar-refractivity contribution in [2.45, 2.75) is 17.7 Å². The molecule has 0 aromatic heterocycles. The molecule has 2 aliphatic heterocycles. The normalized spacial score (nSPS) is 21.3. The molecular formula is C18H24ClN3O4S2. The van der Waals surface area contributed by atoms with Gasteiger partial charge in [-0.25, -0.2) is 8.42 Å². The predicted molar refractivity (Wildman–Crippen MR) is 110 cm³/mol. The summed E-state index contributed by atoms with van der Waals surface area (Å²) in [6, 6.07) is 6.01. The van der Waals surface area contributed by atoms with Gasteiger partial charge in [-0.1, -0.05) is 11.6 Å². The van der Waals surface area contributed by atoms with Crippen LogP contribution in [0.5, 0.6) is 0 Å². The Morgan fingerprint density at radius 1 is 1.14 bits per heavy atom. The zero-order valence-electron chi connectivity index (χ0n) is 15.5. The van der Waals surface area contributed by atoms with Gasteiger partial charge in [0, 0.05) is 42.7 Å². The summed E-state index contributed by atoms with van der Waals surface area (Å²) in [5.41, 5.74) is 0. The smallest absolute Gasteiger partial charge is 0.243 e. The molecular weight excluding hydrogens is 422 g/mol. The molecule has 1 N–H and O–H groups in total. The third-order valence-electron chi connectivity index (χ3n) is 4.98. The number of hydrogen-bond donors (Lipinski definition) is 1. The molecule has 2 fully saturated rings. The molecule has 3 rings (SSSR count). The highest BCUT2D eigenvalue weighted by Crippen LogP contribution is 2.24. The van der Waals surface area contributed by atoms with Crippen molar-refractivity contribution in [3.05, 3.63) is 29.3 Å². The lowest BCUT2D eigenvalue weighted by atomic mass is 9.99. The number of carbonyl (C=O) groups excluding carboxylic acids is 2. The Morgan fingerprint density at radius 3 is 2.50 bits per heavy atom. The Morgan fingerprint density at radius 2 is 1.82 bits per heavy atom. The third-order valence-corrected chi connectivity index (χ3v) is 8.06. The van der Waals surface area contributed by atoms with Crippen LogP contribution in [0.2, 0.25) is 5.02 Å². The molecule has 28 heavy (non-hydrogen) atoms. The standard InChI is InChI=1S/C18H24ClN3O4S2/c19-15-3-5-16(6-4-15)28(25,26)22-7-1-2-14(13-22)18(24)20-12-17(23)21-8-10-27-11-9-21/h3-6,14H,1-2,7-13H2,(H,20,24)/t14-/m1/s1. The Kier molecular flexibility index (Phi) is 7.25. The number of nitrogens with one attached hydrogen (secondary N) is 1. The van der Waals surface area contributed by atoms with E-state index in [9.17, 15) is 18.0 Å². The summed E-state index contributed by atoms with van der Waals surface area (Å²) in [5, 5.41) is 3.16. The largest absolute Gasteiger partial charge is 0.347 e. The van der Waals surface area contributed by atoms with Crippen molar-refractivity contribution in [2.75, 3.05) is 44.2 Å². The van der Waals surface area contributed by atoms with Crippen LogP contribution in [-0.4, -0.2) is 73.7 Å². The van der Waals surface area contributed by atoms with Crippen LogP contribution < -0.4 is 5.32 Å². The van der Waals surface area contributed by atoms with Gasteiger partial charge in [0.25, 0.3) is 0 Å². The number of hydrogen-bond acceptors (Lipinski definition) is 5. The van der Waals surface area contributed by atoms with Gasteiger partial charge in [-0.05, 0) is 37.1 Å². The number of benzene rings is 1. The Bertz CT molecular complexity index is 811. The molecule has 7 nitrogen and oxygen atoms in total. The minimum atomic E-state index is -3.68. The number of piperidine rings is 1. The summed E-state index contributed by atoms with van der Waals surface area (Å²) in [5.74, 6) is 1.02. The van der Waals surface area contributed by atoms with E-state index < -0.39 is 15.9 Å². The second kappa shape index (κ2) is 9.47. The summed E-state index contributed by atoms with van der Waals surface area (Å²) in [6.07, 6.45) is 1.20. The van der Waals surface area contributed by atoms with Gasteiger partial charge in [0.1, 0.15) is 0 Å². The number of carbonyl (C=O) groups is 2. The first kappa shape index (κ1) is 21.4. The topological polar surface area (TPSA) is 86.8 Å². The van der Waals surface area contributed by atoms with Gasteiger partial charge in [-0.15, -0.1) is 0 Å². The monoisotopic (exact) mass is 445 g/mol. The summed E-state index contributed by atoms with van der Waals surface area (Å²) < 4.78 is 27.0. The first-order chi connectivity index (χ1) is 13.4. The van der Waals surface area contributed by atoms with E-state index >= 15 is 0 Å². The average Bonchev–Trinajstić information content (AvgIpc) is 2.72. The molecule has 2 saturated heterocycles.